The summed E-state index contributed by atoms with van der Waals surface area (Å²) in [5.41, 5.74) is 0.995. The minimum absolute atomic E-state index is 0.0563. The van der Waals surface area contributed by atoms with Crippen LogP contribution in [-0.2, 0) is 0 Å². The van der Waals surface area contributed by atoms with Crippen LogP contribution in [0.5, 0.6) is 5.75 Å². The Kier molecular flexibility index (Phi) is 4.22. The minimum Gasteiger partial charge on any atom is -0.410 e. The molecule has 0 aromatic heterocycles. The van der Waals surface area contributed by atoms with Crippen LogP contribution in [0.1, 0.15) is 6.92 Å². The van der Waals surface area contributed by atoms with E-state index in [4.69, 9.17) is 4.74 Å². The molecule has 0 radical (unpaired) electrons. The Morgan fingerprint density at radius 2 is 2.11 bits per heavy atom. The molecule has 4 heteroatoms. The molecule has 1 aromatic carbocycles. The number of ether oxygens (including phenoxy) is 1. The van der Waals surface area contributed by atoms with E-state index < -0.39 is 0 Å². The van der Waals surface area contributed by atoms with Gasteiger partial charge in [-0.3, -0.25) is 0 Å². The SMILES string of the molecule is C=C(C)[C@H]1CN(C(=O)Oc2ccccc2)C[C@@H]1CO. The summed E-state index contributed by atoms with van der Waals surface area (Å²) in [6.07, 6.45) is -0.367. The second kappa shape index (κ2) is 5.89. The number of rotatable bonds is 3. The average Bonchev–Trinajstić information content (AvgIpc) is 2.84. The summed E-state index contributed by atoms with van der Waals surface area (Å²) in [4.78, 5) is 13.7. The van der Waals surface area contributed by atoms with Crippen LogP contribution in [0.25, 0.3) is 0 Å². The molecule has 0 unspecified atom stereocenters. The minimum atomic E-state index is -0.367. The van der Waals surface area contributed by atoms with Gasteiger partial charge in [0.2, 0.25) is 0 Å². The molecule has 1 fully saturated rings. The normalized spacial score (nSPS) is 22.3. The van der Waals surface area contributed by atoms with Crippen LogP contribution >= 0.6 is 0 Å². The van der Waals surface area contributed by atoms with E-state index in [1.54, 1.807) is 17.0 Å². The molecule has 1 saturated heterocycles. The monoisotopic (exact) mass is 261 g/mol. The van der Waals surface area contributed by atoms with Crippen LogP contribution < -0.4 is 4.74 Å². The van der Waals surface area contributed by atoms with E-state index in [9.17, 15) is 9.90 Å². The predicted molar refractivity (Wildman–Crippen MR) is 72.9 cm³/mol. The molecule has 1 N–H and O–H groups in total. The van der Waals surface area contributed by atoms with E-state index >= 15 is 0 Å². The Balaban J connectivity index is 1.99. The zero-order valence-electron chi connectivity index (χ0n) is 11.1. The third-order valence-corrected chi connectivity index (χ3v) is 3.52. The molecule has 2 atom stereocenters. The second-order valence-corrected chi connectivity index (χ2v) is 4.98. The molecule has 102 valence electrons. The maximum atomic E-state index is 12.0. The number of carbonyl (C=O) groups is 1. The van der Waals surface area contributed by atoms with Crippen LogP contribution in [0, 0.1) is 11.8 Å². The Morgan fingerprint density at radius 1 is 1.42 bits per heavy atom. The fourth-order valence-electron chi connectivity index (χ4n) is 2.42. The number of hydrogen-bond donors (Lipinski definition) is 1. The number of benzene rings is 1. The van der Waals surface area contributed by atoms with Crippen molar-refractivity contribution >= 4 is 6.09 Å². The Labute approximate surface area is 113 Å². The van der Waals surface area contributed by atoms with E-state index in [1.165, 1.54) is 0 Å². The molecule has 0 spiro atoms. The quantitative estimate of drug-likeness (QED) is 0.849. The molecule has 0 saturated carbocycles. The fourth-order valence-corrected chi connectivity index (χ4v) is 2.42. The molecule has 19 heavy (non-hydrogen) atoms. The van der Waals surface area contributed by atoms with Crippen LogP contribution in [-0.4, -0.2) is 35.8 Å². The van der Waals surface area contributed by atoms with Crippen LogP contribution in [0.3, 0.4) is 0 Å². The highest BCUT2D eigenvalue weighted by Crippen LogP contribution is 2.28. The summed E-state index contributed by atoms with van der Waals surface area (Å²) in [5.74, 6) is 0.737. The molecule has 1 aromatic rings. The molecule has 0 aliphatic carbocycles. The molecule has 1 aliphatic heterocycles. The van der Waals surface area contributed by atoms with Gasteiger partial charge in [-0.05, 0) is 19.1 Å². The van der Waals surface area contributed by atoms with Gasteiger partial charge in [-0.1, -0.05) is 30.4 Å². The van der Waals surface area contributed by atoms with Gasteiger partial charge in [0.05, 0.1) is 0 Å². The number of likely N-dealkylation sites (tertiary alicyclic amines) is 1. The summed E-state index contributed by atoms with van der Waals surface area (Å²) in [6, 6.07) is 8.99. The Bertz CT molecular complexity index is 458. The molecular weight excluding hydrogens is 242 g/mol. The van der Waals surface area contributed by atoms with Gasteiger partial charge in [-0.25, -0.2) is 4.79 Å². The molecule has 1 heterocycles. The number of aliphatic hydroxyl groups excluding tert-OH is 1. The molecule has 4 nitrogen and oxygen atoms in total. The number of carbonyl (C=O) groups excluding carboxylic acids is 1. The van der Waals surface area contributed by atoms with E-state index in [1.807, 2.05) is 25.1 Å². The van der Waals surface area contributed by atoms with Crippen molar-refractivity contribution in [2.45, 2.75) is 6.92 Å². The van der Waals surface area contributed by atoms with Gasteiger partial charge in [0, 0.05) is 31.5 Å². The summed E-state index contributed by atoms with van der Waals surface area (Å²) >= 11 is 0. The van der Waals surface area contributed by atoms with Gasteiger partial charge in [0.15, 0.2) is 0 Å². The van der Waals surface area contributed by atoms with Crippen molar-refractivity contribution in [3.8, 4) is 5.75 Å². The van der Waals surface area contributed by atoms with Crippen molar-refractivity contribution in [2.75, 3.05) is 19.7 Å². The summed E-state index contributed by atoms with van der Waals surface area (Å²) in [6.45, 7) is 6.99. The molecule has 2 rings (SSSR count). The first-order chi connectivity index (χ1) is 9.11. The smallest absolute Gasteiger partial charge is 0.410 e. The number of para-hydroxylation sites is 1. The largest absolute Gasteiger partial charge is 0.415 e. The zero-order chi connectivity index (χ0) is 13.8. The van der Waals surface area contributed by atoms with Gasteiger partial charge in [-0.15, -0.1) is 0 Å². The fraction of sp³-hybridized carbons (Fsp3) is 0.400. The topological polar surface area (TPSA) is 49.8 Å². The number of amides is 1. The van der Waals surface area contributed by atoms with Gasteiger partial charge >= 0.3 is 6.09 Å². The van der Waals surface area contributed by atoms with Gasteiger partial charge < -0.3 is 14.7 Å². The van der Waals surface area contributed by atoms with Crippen LogP contribution in [0.15, 0.2) is 42.5 Å². The summed E-state index contributed by atoms with van der Waals surface area (Å²) in [5, 5.41) is 9.35. The Hall–Kier alpha value is -1.81. The highest BCUT2D eigenvalue weighted by Gasteiger charge is 2.35. The number of aliphatic hydroxyl groups is 1. The van der Waals surface area contributed by atoms with Crippen molar-refractivity contribution in [3.63, 3.8) is 0 Å². The molecular formula is C15H19NO3. The van der Waals surface area contributed by atoms with Gasteiger partial charge in [-0.2, -0.15) is 0 Å². The lowest BCUT2D eigenvalue weighted by molar-refractivity contribution is 0.157. The first kappa shape index (κ1) is 13.6. The van der Waals surface area contributed by atoms with E-state index in [0.29, 0.717) is 18.8 Å². The van der Waals surface area contributed by atoms with E-state index in [-0.39, 0.29) is 24.5 Å². The lowest BCUT2D eigenvalue weighted by Gasteiger charge is -2.16. The number of hydrogen-bond acceptors (Lipinski definition) is 3. The maximum Gasteiger partial charge on any atom is 0.415 e. The molecule has 0 bridgehead atoms. The van der Waals surface area contributed by atoms with Crippen molar-refractivity contribution in [1.29, 1.82) is 0 Å². The van der Waals surface area contributed by atoms with Gasteiger partial charge in [0.25, 0.3) is 0 Å². The molecule has 1 aliphatic rings. The third kappa shape index (κ3) is 3.15. The molecule has 1 amide bonds. The lowest BCUT2D eigenvalue weighted by atomic mass is 9.91. The summed E-state index contributed by atoms with van der Waals surface area (Å²) in [7, 11) is 0. The predicted octanol–water partition coefficient (Wildman–Crippen LogP) is 2.30. The first-order valence-electron chi connectivity index (χ1n) is 6.40. The number of nitrogens with zero attached hydrogens (tertiary/aromatic N) is 1. The van der Waals surface area contributed by atoms with Crippen molar-refractivity contribution in [1.82, 2.24) is 4.90 Å². The maximum absolute atomic E-state index is 12.0. The second-order valence-electron chi connectivity index (χ2n) is 4.98. The van der Waals surface area contributed by atoms with Crippen LogP contribution in [0.2, 0.25) is 0 Å². The van der Waals surface area contributed by atoms with Crippen LogP contribution in [0.4, 0.5) is 4.79 Å². The van der Waals surface area contributed by atoms with Crippen molar-refractivity contribution in [3.05, 3.63) is 42.5 Å². The highest BCUT2D eigenvalue weighted by atomic mass is 16.6. The first-order valence-corrected chi connectivity index (χ1v) is 6.40. The Morgan fingerprint density at radius 3 is 2.63 bits per heavy atom. The standard InChI is InChI=1S/C15H19NO3/c1-11(2)14-9-16(8-12(14)10-17)15(18)19-13-6-4-3-5-7-13/h3-7,12,14,17H,1,8-10H2,2H3/t12-,14-/m1/s1. The van der Waals surface area contributed by atoms with E-state index in [0.717, 1.165) is 5.57 Å². The van der Waals surface area contributed by atoms with E-state index in [2.05, 4.69) is 6.58 Å². The van der Waals surface area contributed by atoms with Crippen molar-refractivity contribution in [2.24, 2.45) is 11.8 Å². The van der Waals surface area contributed by atoms with Crippen molar-refractivity contribution < 1.29 is 14.6 Å². The third-order valence-electron chi connectivity index (χ3n) is 3.52. The average molecular weight is 261 g/mol. The lowest BCUT2D eigenvalue weighted by Crippen LogP contribution is -2.32. The van der Waals surface area contributed by atoms with Gasteiger partial charge in [0.1, 0.15) is 5.75 Å². The zero-order valence-corrected chi connectivity index (χ0v) is 11.1. The highest BCUT2D eigenvalue weighted by molar-refractivity contribution is 5.71. The summed E-state index contributed by atoms with van der Waals surface area (Å²) < 4.78 is 5.29.